The molecule has 2 N–H and O–H groups in total. The Labute approximate surface area is 148 Å². The molecule has 2 rings (SSSR count). The molecule has 1 aromatic carbocycles. The standard InChI is InChI=1S/C15H17ClN4O3S/c1-15(2,3)18-13(22)17-11(21)8-24-14-20-19-12(23-14)9-4-6-10(16)7-5-9/h4-7H,8H2,1-3H3,(H2,17,18,21,22). The van der Waals surface area contributed by atoms with Crippen molar-refractivity contribution in [2.45, 2.75) is 31.5 Å². The summed E-state index contributed by atoms with van der Waals surface area (Å²) in [6.07, 6.45) is 0. The Morgan fingerprint density at radius 1 is 1.21 bits per heavy atom. The fourth-order valence-electron chi connectivity index (χ4n) is 1.64. The van der Waals surface area contributed by atoms with Gasteiger partial charge in [0.2, 0.25) is 11.8 Å². The zero-order valence-electron chi connectivity index (χ0n) is 13.4. The second kappa shape index (κ2) is 7.67. The number of hydrogen-bond donors (Lipinski definition) is 2. The number of carbonyl (C=O) groups is 2. The van der Waals surface area contributed by atoms with Gasteiger partial charge in [-0.05, 0) is 45.0 Å². The fourth-order valence-corrected chi connectivity index (χ4v) is 2.33. The number of rotatable bonds is 4. The fraction of sp³-hybridized carbons (Fsp3) is 0.333. The van der Waals surface area contributed by atoms with Crippen LogP contribution in [0.5, 0.6) is 0 Å². The first-order valence-electron chi connectivity index (χ1n) is 7.07. The van der Waals surface area contributed by atoms with E-state index in [1.54, 1.807) is 24.3 Å². The van der Waals surface area contributed by atoms with Crippen LogP contribution in [0.2, 0.25) is 5.02 Å². The van der Waals surface area contributed by atoms with Crippen molar-refractivity contribution in [3.8, 4) is 11.5 Å². The lowest BCUT2D eigenvalue weighted by molar-refractivity contribution is -0.117. The summed E-state index contributed by atoms with van der Waals surface area (Å²) in [7, 11) is 0. The second-order valence-corrected chi connectivity index (χ2v) is 7.28. The minimum Gasteiger partial charge on any atom is -0.411 e. The number of benzene rings is 1. The molecule has 0 aliphatic heterocycles. The number of carbonyl (C=O) groups excluding carboxylic acids is 2. The molecule has 0 aliphatic rings. The summed E-state index contributed by atoms with van der Waals surface area (Å²) >= 11 is 6.87. The number of nitrogens with zero attached hydrogens (tertiary/aromatic N) is 2. The van der Waals surface area contributed by atoms with Crippen molar-refractivity contribution in [3.63, 3.8) is 0 Å². The zero-order valence-corrected chi connectivity index (χ0v) is 15.0. The minimum atomic E-state index is -0.541. The lowest BCUT2D eigenvalue weighted by Gasteiger charge is -2.20. The highest BCUT2D eigenvalue weighted by Gasteiger charge is 2.17. The Kier molecular flexibility index (Phi) is 5.84. The van der Waals surface area contributed by atoms with E-state index in [1.807, 2.05) is 20.8 Å². The molecule has 0 fully saturated rings. The summed E-state index contributed by atoms with van der Waals surface area (Å²) in [5, 5.41) is 13.5. The molecule has 0 spiro atoms. The third-order valence-corrected chi connectivity index (χ3v) is 3.64. The molecular weight excluding hydrogens is 352 g/mol. The molecule has 3 amide bonds. The number of amides is 3. The molecule has 7 nitrogen and oxygen atoms in total. The minimum absolute atomic E-state index is 0.0141. The third-order valence-electron chi connectivity index (χ3n) is 2.57. The number of nitrogens with one attached hydrogen (secondary N) is 2. The van der Waals surface area contributed by atoms with Gasteiger partial charge in [-0.25, -0.2) is 4.79 Å². The Balaban J connectivity index is 1.85. The highest BCUT2D eigenvalue weighted by molar-refractivity contribution is 7.99. The number of imide groups is 1. The first-order valence-corrected chi connectivity index (χ1v) is 8.43. The van der Waals surface area contributed by atoms with Crippen LogP contribution in [-0.2, 0) is 4.79 Å². The maximum Gasteiger partial charge on any atom is 0.321 e. The van der Waals surface area contributed by atoms with Gasteiger partial charge >= 0.3 is 6.03 Å². The quantitative estimate of drug-likeness (QED) is 0.805. The molecule has 1 aromatic heterocycles. The molecule has 9 heteroatoms. The van der Waals surface area contributed by atoms with Crippen molar-refractivity contribution in [3.05, 3.63) is 29.3 Å². The Morgan fingerprint density at radius 2 is 1.88 bits per heavy atom. The number of hydrogen-bond acceptors (Lipinski definition) is 6. The van der Waals surface area contributed by atoms with Crippen LogP contribution < -0.4 is 10.6 Å². The van der Waals surface area contributed by atoms with Gasteiger partial charge < -0.3 is 9.73 Å². The van der Waals surface area contributed by atoms with E-state index in [0.29, 0.717) is 10.9 Å². The SMILES string of the molecule is CC(C)(C)NC(=O)NC(=O)CSc1nnc(-c2ccc(Cl)cc2)o1. The van der Waals surface area contributed by atoms with Crippen LogP contribution in [0.25, 0.3) is 11.5 Å². The van der Waals surface area contributed by atoms with Crippen LogP contribution >= 0.6 is 23.4 Å². The number of halogens is 1. The van der Waals surface area contributed by atoms with E-state index in [9.17, 15) is 9.59 Å². The van der Waals surface area contributed by atoms with E-state index in [1.165, 1.54) is 0 Å². The van der Waals surface area contributed by atoms with Crippen molar-refractivity contribution < 1.29 is 14.0 Å². The summed E-state index contributed by atoms with van der Waals surface area (Å²) in [6.45, 7) is 5.47. The van der Waals surface area contributed by atoms with Gasteiger partial charge in [0, 0.05) is 16.1 Å². The molecule has 0 bridgehead atoms. The molecule has 0 saturated heterocycles. The van der Waals surface area contributed by atoms with Crippen molar-refractivity contribution in [1.82, 2.24) is 20.8 Å². The Morgan fingerprint density at radius 3 is 2.50 bits per heavy atom. The maximum absolute atomic E-state index is 11.7. The molecule has 0 aliphatic carbocycles. The Hall–Kier alpha value is -2.06. The molecule has 0 saturated carbocycles. The van der Waals surface area contributed by atoms with Gasteiger partial charge in [-0.3, -0.25) is 10.1 Å². The number of urea groups is 1. The molecule has 0 unspecified atom stereocenters. The van der Waals surface area contributed by atoms with Gasteiger partial charge in [-0.15, -0.1) is 10.2 Å². The van der Waals surface area contributed by atoms with Gasteiger partial charge in [0.1, 0.15) is 0 Å². The number of aromatic nitrogens is 2. The highest BCUT2D eigenvalue weighted by atomic mass is 35.5. The molecule has 128 valence electrons. The average Bonchev–Trinajstić information content (AvgIpc) is 2.92. The zero-order chi connectivity index (χ0) is 17.7. The first-order chi connectivity index (χ1) is 11.2. The van der Waals surface area contributed by atoms with E-state index in [-0.39, 0.29) is 11.0 Å². The first kappa shape index (κ1) is 18.3. The van der Waals surface area contributed by atoms with E-state index in [4.69, 9.17) is 16.0 Å². The van der Waals surface area contributed by atoms with E-state index >= 15 is 0 Å². The van der Waals surface area contributed by atoms with Crippen molar-refractivity contribution >= 4 is 35.3 Å². The van der Waals surface area contributed by atoms with Crippen LogP contribution in [0.1, 0.15) is 20.8 Å². The smallest absolute Gasteiger partial charge is 0.321 e. The predicted octanol–water partition coefficient (Wildman–Crippen LogP) is 3.11. The van der Waals surface area contributed by atoms with Crippen LogP contribution in [0, 0.1) is 0 Å². The van der Waals surface area contributed by atoms with Gasteiger partial charge in [-0.1, -0.05) is 23.4 Å². The number of thioether (sulfide) groups is 1. The summed E-state index contributed by atoms with van der Waals surface area (Å²) in [5.41, 5.74) is 0.310. The molecular formula is C15H17ClN4O3S. The van der Waals surface area contributed by atoms with Gasteiger partial charge in [-0.2, -0.15) is 0 Å². The monoisotopic (exact) mass is 368 g/mol. The van der Waals surface area contributed by atoms with Crippen LogP contribution in [-0.4, -0.2) is 33.4 Å². The maximum atomic E-state index is 11.7. The summed E-state index contributed by atoms with van der Waals surface area (Å²) in [4.78, 5) is 23.3. The Bertz CT molecular complexity index is 725. The molecule has 0 radical (unpaired) electrons. The normalized spacial score (nSPS) is 11.2. The van der Waals surface area contributed by atoms with Gasteiger partial charge in [0.05, 0.1) is 5.75 Å². The lowest BCUT2D eigenvalue weighted by Crippen LogP contribution is -2.48. The van der Waals surface area contributed by atoms with Crippen LogP contribution in [0.3, 0.4) is 0 Å². The summed E-state index contributed by atoms with van der Waals surface area (Å²) in [5.74, 6) is -0.132. The summed E-state index contributed by atoms with van der Waals surface area (Å²) in [6, 6.07) is 6.41. The third kappa shape index (κ3) is 5.86. The van der Waals surface area contributed by atoms with E-state index < -0.39 is 17.5 Å². The topological polar surface area (TPSA) is 97.1 Å². The van der Waals surface area contributed by atoms with E-state index in [0.717, 1.165) is 17.3 Å². The van der Waals surface area contributed by atoms with Crippen LogP contribution in [0.4, 0.5) is 4.79 Å². The summed E-state index contributed by atoms with van der Waals surface area (Å²) < 4.78 is 5.46. The highest BCUT2D eigenvalue weighted by Crippen LogP contribution is 2.24. The largest absolute Gasteiger partial charge is 0.411 e. The second-order valence-electron chi connectivity index (χ2n) is 5.92. The van der Waals surface area contributed by atoms with Crippen molar-refractivity contribution in [2.75, 3.05) is 5.75 Å². The molecule has 24 heavy (non-hydrogen) atoms. The van der Waals surface area contributed by atoms with Gasteiger partial charge in [0.25, 0.3) is 5.22 Å². The van der Waals surface area contributed by atoms with Gasteiger partial charge in [0.15, 0.2) is 0 Å². The lowest BCUT2D eigenvalue weighted by atomic mass is 10.1. The van der Waals surface area contributed by atoms with Crippen LogP contribution in [0.15, 0.2) is 33.9 Å². The van der Waals surface area contributed by atoms with E-state index in [2.05, 4.69) is 20.8 Å². The van der Waals surface area contributed by atoms with Crippen molar-refractivity contribution in [2.24, 2.45) is 0 Å². The molecule has 1 heterocycles. The average molecular weight is 369 g/mol. The van der Waals surface area contributed by atoms with Crippen molar-refractivity contribution in [1.29, 1.82) is 0 Å². The molecule has 0 atom stereocenters. The predicted molar refractivity (Wildman–Crippen MR) is 91.9 cm³/mol. The molecule has 2 aromatic rings.